The van der Waals surface area contributed by atoms with Gasteiger partial charge in [-0.3, -0.25) is 9.69 Å². The topological polar surface area (TPSA) is 77.2 Å². The van der Waals surface area contributed by atoms with Gasteiger partial charge in [-0.15, -0.1) is 0 Å². The summed E-state index contributed by atoms with van der Waals surface area (Å²) >= 11 is 3.27. The van der Waals surface area contributed by atoms with Crippen LogP contribution in [0.5, 0.6) is 17.2 Å². The highest BCUT2D eigenvalue weighted by Crippen LogP contribution is 2.53. The molecule has 2 aromatic carbocycles. The molecular formula is C17H13BrFN3O3. The Balaban J connectivity index is 2.11. The minimum absolute atomic E-state index is 0.0407. The van der Waals surface area contributed by atoms with Gasteiger partial charge in [-0.1, -0.05) is 15.9 Å². The van der Waals surface area contributed by atoms with Crippen molar-refractivity contribution in [3.8, 4) is 17.2 Å². The first-order chi connectivity index (χ1) is 11.9. The number of amides is 1. The zero-order valence-electron chi connectivity index (χ0n) is 13.3. The van der Waals surface area contributed by atoms with Gasteiger partial charge in [-0.2, -0.15) is 0 Å². The summed E-state index contributed by atoms with van der Waals surface area (Å²) in [5, 5.41) is 0. The normalized spacial score (nSPS) is 20.9. The number of aliphatic imine (C=N–C) groups is 1. The van der Waals surface area contributed by atoms with Crippen LogP contribution in [0.3, 0.4) is 0 Å². The first kappa shape index (κ1) is 15.9. The number of methoxy groups -OCH3 is 1. The summed E-state index contributed by atoms with van der Waals surface area (Å²) in [6.45, 7) is 0. The summed E-state index contributed by atoms with van der Waals surface area (Å²) in [6, 6.07) is 7.85. The summed E-state index contributed by atoms with van der Waals surface area (Å²) in [5.41, 5.74) is 5.14. The number of ether oxygens (including phenoxy) is 2. The van der Waals surface area contributed by atoms with E-state index in [0.717, 1.165) is 0 Å². The molecule has 1 amide bonds. The smallest absolute Gasteiger partial charge is 0.266 e. The number of hydrogen-bond donors (Lipinski definition) is 1. The van der Waals surface area contributed by atoms with E-state index in [9.17, 15) is 9.18 Å². The van der Waals surface area contributed by atoms with E-state index in [-0.39, 0.29) is 23.2 Å². The number of rotatable bonds is 1. The predicted molar refractivity (Wildman–Crippen MR) is 92.3 cm³/mol. The van der Waals surface area contributed by atoms with Crippen LogP contribution in [-0.4, -0.2) is 30.9 Å². The van der Waals surface area contributed by atoms with Gasteiger partial charge >= 0.3 is 0 Å². The average Bonchev–Trinajstić information content (AvgIpc) is 2.81. The zero-order valence-corrected chi connectivity index (χ0v) is 14.9. The zero-order chi connectivity index (χ0) is 17.9. The molecule has 0 saturated heterocycles. The molecule has 1 atom stereocenters. The quantitative estimate of drug-likeness (QED) is 0.790. The second-order valence-electron chi connectivity index (χ2n) is 5.77. The number of benzene rings is 2. The molecule has 0 bridgehead atoms. The molecule has 25 heavy (non-hydrogen) atoms. The standard InChI is InChI=1S/C17H13BrFN3O3/c1-22-15(23)17(21-16(22)20)10-7-9(24-2)3-4-13(10)25-14-11(17)5-8(18)6-12(14)19/h3-7H,1-2H3,(H2,20,21). The Hall–Kier alpha value is -2.61. The Morgan fingerprint density at radius 1 is 1.32 bits per heavy atom. The van der Waals surface area contributed by atoms with Crippen LogP contribution in [0.15, 0.2) is 39.8 Å². The highest BCUT2D eigenvalue weighted by atomic mass is 79.9. The lowest BCUT2D eigenvalue weighted by Gasteiger charge is -2.33. The Bertz CT molecular complexity index is 962. The van der Waals surface area contributed by atoms with E-state index in [0.29, 0.717) is 21.5 Å². The number of nitrogens with two attached hydrogens (primary N) is 1. The molecule has 128 valence electrons. The van der Waals surface area contributed by atoms with E-state index in [1.54, 1.807) is 24.3 Å². The van der Waals surface area contributed by atoms with E-state index in [1.807, 2.05) is 0 Å². The molecular weight excluding hydrogens is 393 g/mol. The highest BCUT2D eigenvalue weighted by molar-refractivity contribution is 9.10. The Kier molecular flexibility index (Phi) is 3.30. The summed E-state index contributed by atoms with van der Waals surface area (Å²) in [4.78, 5) is 18.8. The maximum absolute atomic E-state index is 14.5. The molecule has 2 heterocycles. The van der Waals surface area contributed by atoms with Crippen molar-refractivity contribution in [2.45, 2.75) is 5.54 Å². The fourth-order valence-corrected chi connectivity index (χ4v) is 3.62. The summed E-state index contributed by atoms with van der Waals surface area (Å²) in [7, 11) is 3.04. The lowest BCUT2D eigenvalue weighted by molar-refractivity contribution is -0.129. The SMILES string of the molecule is COc1ccc2c(c1)C1(N=C(N)N(C)C1=O)c1cc(Br)cc(F)c1O2. The minimum atomic E-state index is -1.51. The van der Waals surface area contributed by atoms with Gasteiger partial charge in [0.1, 0.15) is 11.5 Å². The number of likely N-dealkylation sites (N-methyl/N-ethyl adjacent to an activating group) is 1. The van der Waals surface area contributed by atoms with Crippen LogP contribution in [0.1, 0.15) is 11.1 Å². The molecule has 0 radical (unpaired) electrons. The van der Waals surface area contributed by atoms with Crippen molar-refractivity contribution in [3.63, 3.8) is 0 Å². The fourth-order valence-electron chi connectivity index (χ4n) is 3.19. The van der Waals surface area contributed by atoms with Crippen LogP contribution in [0.25, 0.3) is 0 Å². The molecule has 8 heteroatoms. The second kappa shape index (κ2) is 5.19. The van der Waals surface area contributed by atoms with Gasteiger partial charge in [0.25, 0.3) is 5.91 Å². The number of carbonyl (C=O) groups excluding carboxylic acids is 1. The molecule has 2 aromatic rings. The third-order valence-electron chi connectivity index (χ3n) is 4.43. The van der Waals surface area contributed by atoms with E-state index < -0.39 is 11.4 Å². The lowest BCUT2D eigenvalue weighted by atomic mass is 9.80. The second-order valence-corrected chi connectivity index (χ2v) is 6.69. The molecule has 1 spiro atoms. The van der Waals surface area contributed by atoms with Crippen LogP contribution < -0.4 is 15.2 Å². The maximum atomic E-state index is 14.5. The van der Waals surface area contributed by atoms with Crippen LogP contribution in [0.2, 0.25) is 0 Å². The van der Waals surface area contributed by atoms with Crippen molar-refractivity contribution in [1.82, 2.24) is 4.90 Å². The third kappa shape index (κ3) is 2.00. The summed E-state index contributed by atoms with van der Waals surface area (Å²) < 4.78 is 26.0. The van der Waals surface area contributed by atoms with Crippen molar-refractivity contribution < 1.29 is 18.7 Å². The van der Waals surface area contributed by atoms with Crippen LogP contribution in [0, 0.1) is 5.82 Å². The monoisotopic (exact) mass is 405 g/mol. The Morgan fingerprint density at radius 3 is 2.72 bits per heavy atom. The first-order valence-electron chi connectivity index (χ1n) is 7.38. The van der Waals surface area contributed by atoms with Crippen molar-refractivity contribution in [3.05, 3.63) is 51.7 Å². The summed E-state index contributed by atoms with van der Waals surface area (Å²) in [6.07, 6.45) is 0. The third-order valence-corrected chi connectivity index (χ3v) is 4.88. The van der Waals surface area contributed by atoms with Crippen LogP contribution in [-0.2, 0) is 10.3 Å². The molecule has 0 fully saturated rings. The number of guanidine groups is 1. The van der Waals surface area contributed by atoms with Gasteiger partial charge < -0.3 is 15.2 Å². The van der Waals surface area contributed by atoms with Crippen molar-refractivity contribution in [2.75, 3.05) is 14.2 Å². The molecule has 6 nitrogen and oxygen atoms in total. The lowest BCUT2D eigenvalue weighted by Crippen LogP contribution is -2.42. The Labute approximate surface area is 151 Å². The van der Waals surface area contributed by atoms with E-state index >= 15 is 0 Å². The van der Waals surface area contributed by atoms with Crippen molar-refractivity contribution in [1.29, 1.82) is 0 Å². The van der Waals surface area contributed by atoms with Gasteiger partial charge in [0.15, 0.2) is 17.5 Å². The van der Waals surface area contributed by atoms with Gasteiger partial charge in [-0.05, 0) is 30.3 Å². The molecule has 2 N–H and O–H groups in total. The van der Waals surface area contributed by atoms with E-state index in [1.165, 1.54) is 25.1 Å². The van der Waals surface area contributed by atoms with Gasteiger partial charge in [0, 0.05) is 22.6 Å². The van der Waals surface area contributed by atoms with Crippen molar-refractivity contribution >= 4 is 27.8 Å². The Morgan fingerprint density at radius 2 is 2.08 bits per heavy atom. The number of hydrogen-bond acceptors (Lipinski definition) is 5. The molecule has 0 saturated carbocycles. The molecule has 2 aliphatic heterocycles. The number of fused-ring (bicyclic) bond motifs is 4. The summed E-state index contributed by atoms with van der Waals surface area (Å²) in [5.74, 6) is -0.123. The van der Waals surface area contributed by atoms with E-state index in [2.05, 4.69) is 20.9 Å². The highest BCUT2D eigenvalue weighted by Gasteiger charge is 2.55. The first-order valence-corrected chi connectivity index (χ1v) is 8.17. The maximum Gasteiger partial charge on any atom is 0.266 e. The number of nitrogens with zero attached hydrogens (tertiary/aromatic N) is 2. The van der Waals surface area contributed by atoms with E-state index in [4.69, 9.17) is 15.2 Å². The van der Waals surface area contributed by atoms with Gasteiger partial charge in [-0.25, -0.2) is 9.38 Å². The molecule has 1 unspecified atom stereocenters. The van der Waals surface area contributed by atoms with Crippen LogP contribution >= 0.6 is 15.9 Å². The fraction of sp³-hybridized carbons (Fsp3) is 0.176. The largest absolute Gasteiger partial charge is 0.497 e. The minimum Gasteiger partial charge on any atom is -0.497 e. The van der Waals surface area contributed by atoms with Crippen molar-refractivity contribution in [2.24, 2.45) is 10.7 Å². The molecule has 2 aliphatic rings. The number of halogens is 2. The molecule has 4 rings (SSSR count). The van der Waals surface area contributed by atoms with Gasteiger partial charge in [0.2, 0.25) is 5.54 Å². The van der Waals surface area contributed by atoms with Gasteiger partial charge in [0.05, 0.1) is 7.11 Å². The molecule has 0 aromatic heterocycles. The number of carbonyl (C=O) groups is 1. The molecule has 0 aliphatic carbocycles. The average molecular weight is 406 g/mol. The predicted octanol–water partition coefficient (Wildman–Crippen LogP) is 2.73. The van der Waals surface area contributed by atoms with Crippen LogP contribution in [0.4, 0.5) is 4.39 Å².